The van der Waals surface area contributed by atoms with Crippen molar-refractivity contribution in [2.24, 2.45) is 4.99 Å². The van der Waals surface area contributed by atoms with Crippen LogP contribution < -0.4 is 0 Å². The molecule has 1 aliphatic rings. The Kier molecular flexibility index (Phi) is 4.34. The highest BCUT2D eigenvalue weighted by atomic mass is 28.3. The van der Waals surface area contributed by atoms with E-state index in [-0.39, 0.29) is 5.54 Å². The highest BCUT2D eigenvalue weighted by Gasteiger charge is 2.28. The average molecular weight is 295 g/mol. The maximum absolute atomic E-state index is 5.75. The molecule has 0 unspecified atom stereocenters. The maximum atomic E-state index is 5.75. The van der Waals surface area contributed by atoms with Gasteiger partial charge in [-0.1, -0.05) is 19.6 Å². The van der Waals surface area contributed by atoms with E-state index in [9.17, 15) is 0 Å². The van der Waals surface area contributed by atoms with Gasteiger partial charge in [-0.05, 0) is 19.9 Å². The fraction of sp³-hybridized carbons (Fsp3) is 0.714. The standard InChI is InChI=1S/C14H25N3O2Si/c1-14(2)9-19-13(16-14)12-8-15-10-17(12)11-18-6-7-20(3,4)5/h8,10H,6-7,9,11H2,1-5H3. The number of imidazole rings is 1. The molecule has 1 aromatic heterocycles. The molecular weight excluding hydrogens is 270 g/mol. The van der Waals surface area contributed by atoms with Gasteiger partial charge in [-0.25, -0.2) is 9.98 Å². The van der Waals surface area contributed by atoms with Gasteiger partial charge in [0.05, 0.1) is 18.1 Å². The van der Waals surface area contributed by atoms with Crippen LogP contribution in [-0.2, 0) is 16.2 Å². The van der Waals surface area contributed by atoms with Gasteiger partial charge in [0.2, 0.25) is 5.90 Å². The van der Waals surface area contributed by atoms with E-state index in [1.165, 1.54) is 6.04 Å². The van der Waals surface area contributed by atoms with Crippen molar-refractivity contribution in [3.8, 4) is 0 Å². The molecule has 2 rings (SSSR count). The third kappa shape index (κ3) is 4.18. The van der Waals surface area contributed by atoms with Gasteiger partial charge in [-0.2, -0.15) is 0 Å². The summed E-state index contributed by atoms with van der Waals surface area (Å²) in [6, 6.07) is 1.17. The predicted octanol–water partition coefficient (Wildman–Crippen LogP) is 2.75. The summed E-state index contributed by atoms with van der Waals surface area (Å²) in [6.07, 6.45) is 3.54. The first-order chi connectivity index (χ1) is 9.27. The van der Waals surface area contributed by atoms with Crippen LogP contribution in [0.25, 0.3) is 0 Å². The summed E-state index contributed by atoms with van der Waals surface area (Å²) in [5.41, 5.74) is 0.743. The smallest absolute Gasteiger partial charge is 0.235 e. The normalized spacial score (nSPS) is 17.9. The number of hydrogen-bond donors (Lipinski definition) is 0. The number of aromatic nitrogens is 2. The van der Waals surface area contributed by atoms with Crippen molar-refractivity contribution in [2.45, 2.75) is 51.8 Å². The molecule has 0 amide bonds. The van der Waals surface area contributed by atoms with E-state index in [1.54, 1.807) is 12.5 Å². The molecule has 6 heteroatoms. The highest BCUT2D eigenvalue weighted by Crippen LogP contribution is 2.20. The third-order valence-corrected chi connectivity index (χ3v) is 4.83. The Hall–Kier alpha value is -1.14. The van der Waals surface area contributed by atoms with E-state index in [0.29, 0.717) is 19.2 Å². The maximum Gasteiger partial charge on any atom is 0.235 e. The first kappa shape index (κ1) is 15.2. The van der Waals surface area contributed by atoms with Crippen LogP contribution in [0.15, 0.2) is 17.5 Å². The molecule has 112 valence electrons. The molecule has 0 aromatic carbocycles. The average Bonchev–Trinajstić information content (AvgIpc) is 2.89. The van der Waals surface area contributed by atoms with Crippen molar-refractivity contribution in [3.63, 3.8) is 0 Å². The Labute approximate surface area is 122 Å². The summed E-state index contributed by atoms with van der Waals surface area (Å²) in [6.45, 7) is 13.1. The highest BCUT2D eigenvalue weighted by molar-refractivity contribution is 6.76. The largest absolute Gasteiger partial charge is 0.474 e. The summed E-state index contributed by atoms with van der Waals surface area (Å²) in [7, 11) is -1.04. The van der Waals surface area contributed by atoms with Crippen molar-refractivity contribution < 1.29 is 9.47 Å². The zero-order valence-electron chi connectivity index (χ0n) is 13.1. The minimum absolute atomic E-state index is 0.150. The number of hydrogen-bond acceptors (Lipinski definition) is 4. The van der Waals surface area contributed by atoms with Crippen molar-refractivity contribution in [1.29, 1.82) is 0 Å². The number of nitrogens with zero attached hydrogens (tertiary/aromatic N) is 3. The van der Waals surface area contributed by atoms with Crippen molar-refractivity contribution >= 4 is 14.0 Å². The van der Waals surface area contributed by atoms with E-state index >= 15 is 0 Å². The number of rotatable bonds is 6. The number of aliphatic imine (C=N–C) groups is 1. The van der Waals surface area contributed by atoms with Gasteiger partial charge >= 0.3 is 0 Å². The van der Waals surface area contributed by atoms with E-state index in [0.717, 1.165) is 12.3 Å². The topological polar surface area (TPSA) is 48.6 Å². The first-order valence-corrected chi connectivity index (χ1v) is 10.8. The molecule has 1 aromatic rings. The SMILES string of the molecule is CC1(C)COC(c2cncn2COCC[Si](C)(C)C)=N1. The van der Waals surface area contributed by atoms with Crippen LogP contribution in [0.2, 0.25) is 25.7 Å². The van der Waals surface area contributed by atoms with E-state index < -0.39 is 8.07 Å². The Morgan fingerprint density at radius 3 is 2.75 bits per heavy atom. The molecule has 0 radical (unpaired) electrons. The van der Waals surface area contributed by atoms with Crippen LogP contribution in [0, 0.1) is 0 Å². The minimum atomic E-state index is -1.04. The van der Waals surface area contributed by atoms with E-state index in [1.807, 2.05) is 4.57 Å². The van der Waals surface area contributed by atoms with Gasteiger partial charge in [0, 0.05) is 14.7 Å². The Morgan fingerprint density at radius 1 is 1.40 bits per heavy atom. The van der Waals surface area contributed by atoms with Gasteiger partial charge in [0.1, 0.15) is 19.0 Å². The lowest BCUT2D eigenvalue weighted by Crippen LogP contribution is -2.22. The van der Waals surface area contributed by atoms with Gasteiger partial charge in [-0.3, -0.25) is 0 Å². The number of ether oxygens (including phenoxy) is 2. The van der Waals surface area contributed by atoms with E-state index in [4.69, 9.17) is 9.47 Å². The first-order valence-electron chi connectivity index (χ1n) is 7.08. The van der Waals surface area contributed by atoms with E-state index in [2.05, 4.69) is 43.5 Å². The fourth-order valence-electron chi connectivity index (χ4n) is 1.86. The second-order valence-electron chi connectivity index (χ2n) is 7.11. The third-order valence-electron chi connectivity index (χ3n) is 3.12. The predicted molar refractivity (Wildman–Crippen MR) is 82.9 cm³/mol. The van der Waals surface area contributed by atoms with Crippen LogP contribution in [0.3, 0.4) is 0 Å². The molecular formula is C14H25N3O2Si. The van der Waals surface area contributed by atoms with Crippen LogP contribution >= 0.6 is 0 Å². The molecule has 0 spiro atoms. The monoisotopic (exact) mass is 295 g/mol. The summed E-state index contributed by atoms with van der Waals surface area (Å²) in [4.78, 5) is 8.75. The summed E-state index contributed by atoms with van der Waals surface area (Å²) < 4.78 is 13.4. The summed E-state index contributed by atoms with van der Waals surface area (Å²) >= 11 is 0. The zero-order valence-corrected chi connectivity index (χ0v) is 14.1. The van der Waals surface area contributed by atoms with Crippen LogP contribution in [0.5, 0.6) is 0 Å². The molecule has 0 fully saturated rings. The van der Waals surface area contributed by atoms with Crippen molar-refractivity contribution in [1.82, 2.24) is 9.55 Å². The quantitative estimate of drug-likeness (QED) is 0.599. The lowest BCUT2D eigenvalue weighted by Gasteiger charge is -2.16. The molecule has 0 atom stereocenters. The van der Waals surface area contributed by atoms with Crippen LogP contribution in [0.1, 0.15) is 19.5 Å². The lowest BCUT2D eigenvalue weighted by molar-refractivity contribution is 0.0863. The molecule has 0 N–H and O–H groups in total. The lowest BCUT2D eigenvalue weighted by atomic mass is 10.1. The van der Waals surface area contributed by atoms with Crippen molar-refractivity contribution in [2.75, 3.05) is 13.2 Å². The molecule has 0 saturated carbocycles. The van der Waals surface area contributed by atoms with Gasteiger partial charge in [0.25, 0.3) is 0 Å². The second kappa shape index (κ2) is 5.69. The Balaban J connectivity index is 1.93. The summed E-state index contributed by atoms with van der Waals surface area (Å²) in [5.74, 6) is 0.668. The molecule has 1 aliphatic heterocycles. The second-order valence-corrected chi connectivity index (χ2v) is 12.7. The molecule has 5 nitrogen and oxygen atoms in total. The zero-order chi connectivity index (χ0) is 14.8. The van der Waals surface area contributed by atoms with Gasteiger partial charge in [0.15, 0.2) is 0 Å². The molecule has 0 bridgehead atoms. The fourth-order valence-corrected chi connectivity index (χ4v) is 2.62. The Morgan fingerprint density at radius 2 is 2.15 bits per heavy atom. The minimum Gasteiger partial charge on any atom is -0.474 e. The molecule has 20 heavy (non-hydrogen) atoms. The van der Waals surface area contributed by atoms with Gasteiger partial charge < -0.3 is 14.0 Å². The molecule has 2 heterocycles. The molecule has 0 aliphatic carbocycles. The summed E-state index contributed by atoms with van der Waals surface area (Å²) in [5, 5.41) is 0. The Bertz CT molecular complexity index is 489. The van der Waals surface area contributed by atoms with Gasteiger partial charge in [-0.15, -0.1) is 0 Å². The van der Waals surface area contributed by atoms with Crippen LogP contribution in [-0.4, -0.2) is 42.3 Å². The molecule has 0 saturated heterocycles. The van der Waals surface area contributed by atoms with Crippen LogP contribution in [0.4, 0.5) is 0 Å². The van der Waals surface area contributed by atoms with Crippen molar-refractivity contribution in [3.05, 3.63) is 18.2 Å².